The molecule has 11 heteroatoms. The van der Waals surface area contributed by atoms with Crippen LogP contribution < -0.4 is 0 Å². The van der Waals surface area contributed by atoms with Gasteiger partial charge in [0.1, 0.15) is 19.8 Å². The number of hydrogen-bond acceptors (Lipinski definition) is 10. The topological polar surface area (TPSA) is 177 Å². The van der Waals surface area contributed by atoms with Gasteiger partial charge in [0.05, 0.1) is 43.5 Å². The Balaban J connectivity index is 3.07. The molecule has 154 valence electrons. The molecule has 11 nitrogen and oxygen atoms in total. The Kier molecular flexibility index (Phi) is 9.68. The molecule has 27 heavy (non-hydrogen) atoms. The number of carbonyl (C=O) groups excluding carboxylic acids is 3. The summed E-state index contributed by atoms with van der Waals surface area (Å²) in [5.41, 5.74) is 0. The lowest BCUT2D eigenvalue weighted by molar-refractivity contribution is -0.174. The van der Waals surface area contributed by atoms with Crippen LogP contribution in [0.4, 0.5) is 0 Å². The second-order valence-corrected chi connectivity index (χ2v) is 5.91. The van der Waals surface area contributed by atoms with Gasteiger partial charge in [0, 0.05) is 0 Å². The van der Waals surface area contributed by atoms with Crippen molar-refractivity contribution in [3.63, 3.8) is 0 Å². The van der Waals surface area contributed by atoms with E-state index in [4.69, 9.17) is 29.5 Å². The van der Waals surface area contributed by atoms with E-state index in [9.17, 15) is 24.3 Å². The third kappa shape index (κ3) is 6.45. The monoisotopic (exact) mass is 392 g/mol. The molecule has 4 N–H and O–H groups in total. The van der Waals surface area contributed by atoms with Crippen molar-refractivity contribution in [3.8, 4) is 0 Å². The predicted octanol–water partition coefficient (Wildman–Crippen LogP) is -2.06. The van der Waals surface area contributed by atoms with Gasteiger partial charge in [-0.3, -0.25) is 19.2 Å². The minimum Gasteiger partial charge on any atom is -0.481 e. The first-order valence-electron chi connectivity index (χ1n) is 8.42. The van der Waals surface area contributed by atoms with E-state index in [1.807, 2.05) is 0 Å². The Morgan fingerprint density at radius 2 is 0.926 bits per heavy atom. The average Bonchev–Trinajstić information content (AvgIpc) is 2.66. The first-order chi connectivity index (χ1) is 12.9. The van der Waals surface area contributed by atoms with E-state index < -0.39 is 67.4 Å². The average molecular weight is 392 g/mol. The molecule has 0 aromatic heterocycles. The van der Waals surface area contributed by atoms with Crippen LogP contribution in [0.3, 0.4) is 0 Å². The molecule has 4 unspecified atom stereocenters. The molecular formula is C16H24O11. The first-order valence-corrected chi connectivity index (χ1v) is 8.42. The highest BCUT2D eigenvalue weighted by atomic mass is 16.6. The maximum absolute atomic E-state index is 12.3. The minimum atomic E-state index is -1.34. The van der Waals surface area contributed by atoms with Gasteiger partial charge in [-0.1, -0.05) is 0 Å². The quantitative estimate of drug-likeness (QED) is 0.237. The zero-order valence-corrected chi connectivity index (χ0v) is 14.6. The van der Waals surface area contributed by atoms with Gasteiger partial charge in [0.25, 0.3) is 0 Å². The molecule has 0 aliphatic heterocycles. The highest BCUT2D eigenvalue weighted by Gasteiger charge is 2.50. The Bertz CT molecular complexity index is 532. The summed E-state index contributed by atoms with van der Waals surface area (Å²) in [6.07, 6.45) is -0.693. The molecule has 0 bridgehead atoms. The molecule has 0 heterocycles. The minimum absolute atomic E-state index is 0.324. The Morgan fingerprint density at radius 3 is 1.22 bits per heavy atom. The fourth-order valence-corrected chi connectivity index (χ4v) is 3.02. The van der Waals surface area contributed by atoms with Crippen molar-refractivity contribution in [2.24, 2.45) is 23.7 Å². The van der Waals surface area contributed by atoms with Gasteiger partial charge in [-0.15, -0.1) is 0 Å². The number of aliphatic carboxylic acids is 1. The molecule has 1 aliphatic carbocycles. The molecule has 1 aliphatic rings. The summed E-state index contributed by atoms with van der Waals surface area (Å²) in [7, 11) is 0. The van der Waals surface area contributed by atoms with Crippen molar-refractivity contribution in [2.45, 2.75) is 12.8 Å². The molecule has 1 saturated carbocycles. The van der Waals surface area contributed by atoms with Gasteiger partial charge in [0.2, 0.25) is 0 Å². The van der Waals surface area contributed by atoms with Crippen molar-refractivity contribution in [3.05, 3.63) is 0 Å². The van der Waals surface area contributed by atoms with Crippen LogP contribution in [-0.4, -0.2) is 83.9 Å². The van der Waals surface area contributed by atoms with E-state index in [0.717, 1.165) is 0 Å². The molecule has 0 aromatic carbocycles. The maximum Gasteiger partial charge on any atom is 0.309 e. The number of aliphatic hydroxyl groups is 3. The van der Waals surface area contributed by atoms with Crippen molar-refractivity contribution in [1.29, 1.82) is 0 Å². The zero-order chi connectivity index (χ0) is 20.4. The summed E-state index contributed by atoms with van der Waals surface area (Å²) >= 11 is 0. The van der Waals surface area contributed by atoms with Gasteiger partial charge in [0.15, 0.2) is 0 Å². The summed E-state index contributed by atoms with van der Waals surface area (Å²) in [4.78, 5) is 48.2. The molecule has 0 amide bonds. The second-order valence-electron chi connectivity index (χ2n) is 5.91. The summed E-state index contributed by atoms with van der Waals surface area (Å²) in [6, 6.07) is 0. The van der Waals surface area contributed by atoms with Crippen LogP contribution in [0.1, 0.15) is 12.8 Å². The lowest BCUT2D eigenvalue weighted by Gasteiger charge is -2.36. The molecule has 0 spiro atoms. The van der Waals surface area contributed by atoms with E-state index in [2.05, 4.69) is 0 Å². The third-order valence-electron chi connectivity index (χ3n) is 4.22. The SMILES string of the molecule is O=C(O)C1CC(C(=O)OCCO)C(C(=O)OCCO)CC1C(=O)OCCO. The van der Waals surface area contributed by atoms with E-state index in [0.29, 0.717) is 0 Å². The molecule has 0 radical (unpaired) electrons. The van der Waals surface area contributed by atoms with Crippen LogP contribution >= 0.6 is 0 Å². The van der Waals surface area contributed by atoms with E-state index >= 15 is 0 Å². The fraction of sp³-hybridized carbons (Fsp3) is 0.750. The number of rotatable bonds is 10. The van der Waals surface area contributed by atoms with E-state index in [1.54, 1.807) is 0 Å². The number of esters is 3. The smallest absolute Gasteiger partial charge is 0.309 e. The number of hydrogen-bond donors (Lipinski definition) is 4. The molecule has 4 atom stereocenters. The van der Waals surface area contributed by atoms with Gasteiger partial charge in [-0.2, -0.15) is 0 Å². The largest absolute Gasteiger partial charge is 0.481 e. The van der Waals surface area contributed by atoms with Crippen LogP contribution in [0.15, 0.2) is 0 Å². The number of ether oxygens (including phenoxy) is 3. The molecule has 0 aromatic rings. The number of carbonyl (C=O) groups is 4. The Labute approximate surface area is 154 Å². The fourth-order valence-electron chi connectivity index (χ4n) is 3.02. The van der Waals surface area contributed by atoms with Gasteiger partial charge >= 0.3 is 23.9 Å². The van der Waals surface area contributed by atoms with Crippen molar-refractivity contribution >= 4 is 23.9 Å². The zero-order valence-electron chi connectivity index (χ0n) is 14.6. The second kappa shape index (κ2) is 11.5. The van der Waals surface area contributed by atoms with Crippen molar-refractivity contribution < 1.29 is 53.8 Å². The summed E-state index contributed by atoms with van der Waals surface area (Å²) in [5, 5.41) is 35.7. The van der Waals surface area contributed by atoms with Crippen molar-refractivity contribution in [1.82, 2.24) is 0 Å². The van der Waals surface area contributed by atoms with E-state index in [-0.39, 0.29) is 32.7 Å². The number of aliphatic hydroxyl groups excluding tert-OH is 3. The van der Waals surface area contributed by atoms with Crippen LogP contribution in [0, 0.1) is 23.7 Å². The maximum atomic E-state index is 12.3. The van der Waals surface area contributed by atoms with E-state index in [1.165, 1.54) is 0 Å². The standard InChI is InChI=1S/C16H24O11/c17-1-4-25-14(22)10-8-12(16(24)27-6-3-19)11(7-9(10)13(20)21)15(23)26-5-2-18/h9-12,17-19H,1-8H2,(H,20,21). The lowest BCUT2D eigenvalue weighted by Crippen LogP contribution is -2.46. The van der Waals surface area contributed by atoms with Crippen molar-refractivity contribution in [2.75, 3.05) is 39.6 Å². The summed E-state index contributed by atoms with van der Waals surface area (Å²) in [6.45, 7) is -2.32. The predicted molar refractivity (Wildman–Crippen MR) is 85.0 cm³/mol. The molecular weight excluding hydrogens is 368 g/mol. The summed E-state index contributed by atoms with van der Waals surface area (Å²) in [5.74, 6) is -8.90. The summed E-state index contributed by atoms with van der Waals surface area (Å²) < 4.78 is 14.4. The van der Waals surface area contributed by atoms with Crippen LogP contribution in [0.25, 0.3) is 0 Å². The Hall–Kier alpha value is -2.24. The van der Waals surface area contributed by atoms with Crippen LogP contribution in [0.2, 0.25) is 0 Å². The Morgan fingerprint density at radius 1 is 0.630 bits per heavy atom. The van der Waals surface area contributed by atoms with Gasteiger partial charge in [-0.05, 0) is 12.8 Å². The molecule has 1 fully saturated rings. The third-order valence-corrected chi connectivity index (χ3v) is 4.22. The molecule has 0 saturated heterocycles. The number of carboxylic acid groups (broad SMARTS) is 1. The number of carboxylic acids is 1. The molecule has 1 rings (SSSR count). The van der Waals surface area contributed by atoms with Gasteiger partial charge < -0.3 is 34.6 Å². The normalized spacial score (nSPS) is 24.7. The van der Waals surface area contributed by atoms with Gasteiger partial charge in [-0.25, -0.2) is 0 Å². The van der Waals surface area contributed by atoms with Crippen LogP contribution in [-0.2, 0) is 33.4 Å². The lowest BCUT2D eigenvalue weighted by atomic mass is 9.68. The highest BCUT2D eigenvalue weighted by Crippen LogP contribution is 2.40. The first kappa shape index (κ1) is 22.8. The highest BCUT2D eigenvalue weighted by molar-refractivity contribution is 5.87. The van der Waals surface area contributed by atoms with Crippen LogP contribution in [0.5, 0.6) is 0 Å².